The van der Waals surface area contributed by atoms with E-state index >= 15 is 0 Å². The predicted molar refractivity (Wildman–Crippen MR) is 55.1 cm³/mol. The summed E-state index contributed by atoms with van der Waals surface area (Å²) in [5, 5.41) is 3.29. The van der Waals surface area contributed by atoms with Crippen molar-refractivity contribution in [2.24, 2.45) is 0 Å². The maximum absolute atomic E-state index is 5.76. The number of hydrogen-bond acceptors (Lipinski definition) is 3. The van der Waals surface area contributed by atoms with E-state index in [-0.39, 0.29) is 6.10 Å². The number of nitrogens with zero attached hydrogens (tertiary/aromatic N) is 1. The molecule has 70 valence electrons. The average Bonchev–Trinajstić information content (AvgIpc) is 2.18. The number of fused-ring (bicyclic) bond motifs is 1. The summed E-state index contributed by atoms with van der Waals surface area (Å²) in [6.45, 7) is 2.98. The number of ether oxygens (including phenoxy) is 1. The number of hydrogen-bond donors (Lipinski definition) is 1. The normalized spacial score (nSPS) is 20.0. The van der Waals surface area contributed by atoms with Gasteiger partial charge in [0.2, 0.25) is 0 Å². The topological polar surface area (TPSA) is 34.2 Å². The Morgan fingerprint density at radius 1 is 1.69 bits per heavy atom. The summed E-state index contributed by atoms with van der Waals surface area (Å²) in [4.78, 5) is 4.06. The Morgan fingerprint density at radius 2 is 2.54 bits per heavy atom. The van der Waals surface area contributed by atoms with Gasteiger partial charge in [-0.25, -0.2) is 0 Å². The first-order chi connectivity index (χ1) is 6.31. The second-order valence-corrected chi connectivity index (χ2v) is 3.88. The molecule has 2 rings (SSSR count). The average molecular weight is 243 g/mol. The number of rotatable bonds is 1. The van der Waals surface area contributed by atoms with E-state index < -0.39 is 0 Å². The van der Waals surface area contributed by atoms with Gasteiger partial charge < -0.3 is 10.1 Å². The Bertz CT molecular complexity index is 316. The molecule has 0 aromatic carbocycles. The molecule has 0 aliphatic carbocycles. The Balaban J connectivity index is 2.32. The van der Waals surface area contributed by atoms with Crippen LogP contribution in [0.25, 0.3) is 0 Å². The molecule has 1 N–H and O–H groups in total. The van der Waals surface area contributed by atoms with Gasteiger partial charge in [-0.2, -0.15) is 0 Å². The molecule has 4 heteroatoms. The second kappa shape index (κ2) is 3.54. The summed E-state index contributed by atoms with van der Waals surface area (Å²) < 4.78 is 6.68. The van der Waals surface area contributed by atoms with Gasteiger partial charge >= 0.3 is 0 Å². The van der Waals surface area contributed by atoms with Crippen LogP contribution in [0.4, 0.5) is 5.69 Å². The molecule has 0 amide bonds. The van der Waals surface area contributed by atoms with Crippen LogP contribution in [0.3, 0.4) is 0 Å². The standard InChI is InChI=1S/C9H11BrN2O/c1-2-6-3-12-8-5-11-4-7(10)9(8)13-6/h4-6,12H,2-3H2,1H3. The summed E-state index contributed by atoms with van der Waals surface area (Å²) in [6.07, 6.45) is 4.82. The van der Waals surface area contributed by atoms with Gasteiger partial charge in [-0.3, -0.25) is 4.98 Å². The van der Waals surface area contributed by atoms with E-state index in [0.29, 0.717) is 0 Å². The van der Waals surface area contributed by atoms with Crippen molar-refractivity contribution >= 4 is 21.6 Å². The van der Waals surface area contributed by atoms with Gasteiger partial charge in [0.15, 0.2) is 5.75 Å². The van der Waals surface area contributed by atoms with Gasteiger partial charge in [-0.1, -0.05) is 6.92 Å². The molecule has 0 spiro atoms. The van der Waals surface area contributed by atoms with Gasteiger partial charge in [0.05, 0.1) is 22.9 Å². The van der Waals surface area contributed by atoms with E-state index in [9.17, 15) is 0 Å². The van der Waals surface area contributed by atoms with Crippen molar-refractivity contribution in [1.29, 1.82) is 0 Å². The van der Waals surface area contributed by atoms with E-state index in [0.717, 1.165) is 28.9 Å². The third kappa shape index (κ3) is 1.63. The Morgan fingerprint density at radius 3 is 3.31 bits per heavy atom. The maximum atomic E-state index is 5.76. The first-order valence-electron chi connectivity index (χ1n) is 4.35. The minimum atomic E-state index is 0.270. The van der Waals surface area contributed by atoms with Crippen LogP contribution in [0, 0.1) is 0 Å². The highest BCUT2D eigenvalue weighted by atomic mass is 79.9. The molecule has 0 saturated carbocycles. The van der Waals surface area contributed by atoms with E-state index in [1.54, 1.807) is 12.4 Å². The molecule has 0 fully saturated rings. The zero-order chi connectivity index (χ0) is 9.26. The molecule has 1 aromatic heterocycles. The van der Waals surface area contributed by atoms with Gasteiger partial charge in [-0.05, 0) is 22.4 Å². The quantitative estimate of drug-likeness (QED) is 0.822. The van der Waals surface area contributed by atoms with Crippen LogP contribution in [0.1, 0.15) is 13.3 Å². The Kier molecular flexibility index (Phi) is 2.40. The van der Waals surface area contributed by atoms with Gasteiger partial charge in [0.1, 0.15) is 6.10 Å². The first-order valence-corrected chi connectivity index (χ1v) is 5.14. The zero-order valence-electron chi connectivity index (χ0n) is 7.38. The molecule has 1 aliphatic heterocycles. The van der Waals surface area contributed by atoms with Crippen molar-refractivity contribution in [1.82, 2.24) is 4.98 Å². The highest BCUT2D eigenvalue weighted by Gasteiger charge is 2.19. The lowest BCUT2D eigenvalue weighted by Crippen LogP contribution is -2.30. The minimum absolute atomic E-state index is 0.270. The van der Waals surface area contributed by atoms with Crippen molar-refractivity contribution in [2.45, 2.75) is 19.4 Å². The molecular formula is C9H11BrN2O. The van der Waals surface area contributed by atoms with Crippen molar-refractivity contribution in [3.05, 3.63) is 16.9 Å². The SMILES string of the molecule is CCC1CNc2cncc(Br)c2O1. The summed E-state index contributed by atoms with van der Waals surface area (Å²) in [5.74, 6) is 0.883. The van der Waals surface area contributed by atoms with Crippen LogP contribution in [-0.4, -0.2) is 17.6 Å². The van der Waals surface area contributed by atoms with Crippen LogP contribution in [0.15, 0.2) is 16.9 Å². The van der Waals surface area contributed by atoms with Crippen molar-refractivity contribution in [2.75, 3.05) is 11.9 Å². The Hall–Kier alpha value is -0.770. The largest absolute Gasteiger partial charge is 0.485 e. The third-order valence-electron chi connectivity index (χ3n) is 2.11. The lowest BCUT2D eigenvalue weighted by molar-refractivity contribution is 0.200. The maximum Gasteiger partial charge on any atom is 0.160 e. The van der Waals surface area contributed by atoms with Gasteiger partial charge in [-0.15, -0.1) is 0 Å². The van der Waals surface area contributed by atoms with Gasteiger partial charge in [0.25, 0.3) is 0 Å². The number of anilines is 1. The monoisotopic (exact) mass is 242 g/mol. The predicted octanol–water partition coefficient (Wildman–Crippen LogP) is 2.43. The minimum Gasteiger partial charge on any atom is -0.485 e. The highest BCUT2D eigenvalue weighted by Crippen LogP contribution is 2.35. The lowest BCUT2D eigenvalue weighted by atomic mass is 10.2. The van der Waals surface area contributed by atoms with Gasteiger partial charge in [0, 0.05) is 6.20 Å². The van der Waals surface area contributed by atoms with Crippen molar-refractivity contribution in [3.8, 4) is 5.75 Å². The Labute approximate surface area is 85.6 Å². The molecule has 3 nitrogen and oxygen atoms in total. The molecular weight excluding hydrogens is 232 g/mol. The van der Waals surface area contributed by atoms with Crippen LogP contribution < -0.4 is 10.1 Å². The zero-order valence-corrected chi connectivity index (χ0v) is 8.97. The molecule has 1 aliphatic rings. The fourth-order valence-corrected chi connectivity index (χ4v) is 1.75. The summed E-state index contributed by atoms with van der Waals surface area (Å²) in [5.41, 5.74) is 0.971. The third-order valence-corrected chi connectivity index (χ3v) is 2.68. The second-order valence-electron chi connectivity index (χ2n) is 3.03. The molecule has 1 atom stereocenters. The van der Waals surface area contributed by atoms with E-state index in [2.05, 4.69) is 33.2 Å². The van der Waals surface area contributed by atoms with Crippen LogP contribution in [-0.2, 0) is 0 Å². The first kappa shape index (κ1) is 8.81. The smallest absolute Gasteiger partial charge is 0.160 e. The highest BCUT2D eigenvalue weighted by molar-refractivity contribution is 9.10. The molecule has 1 aromatic rings. The number of pyridine rings is 1. The molecule has 0 saturated heterocycles. The summed E-state index contributed by atoms with van der Waals surface area (Å²) in [7, 11) is 0. The number of halogens is 1. The van der Waals surface area contributed by atoms with Crippen molar-refractivity contribution < 1.29 is 4.74 Å². The van der Waals surface area contributed by atoms with E-state index in [1.165, 1.54) is 0 Å². The van der Waals surface area contributed by atoms with E-state index in [1.807, 2.05) is 0 Å². The van der Waals surface area contributed by atoms with E-state index in [4.69, 9.17) is 4.74 Å². The van der Waals surface area contributed by atoms with Crippen LogP contribution >= 0.6 is 15.9 Å². The molecule has 0 radical (unpaired) electrons. The van der Waals surface area contributed by atoms with Crippen LogP contribution in [0.5, 0.6) is 5.75 Å². The van der Waals surface area contributed by atoms with Crippen LogP contribution in [0.2, 0.25) is 0 Å². The molecule has 0 bridgehead atoms. The molecule has 13 heavy (non-hydrogen) atoms. The fourth-order valence-electron chi connectivity index (χ4n) is 1.33. The van der Waals surface area contributed by atoms with Crippen molar-refractivity contribution in [3.63, 3.8) is 0 Å². The molecule has 1 unspecified atom stereocenters. The number of aromatic nitrogens is 1. The fraction of sp³-hybridized carbons (Fsp3) is 0.444. The number of nitrogens with one attached hydrogen (secondary N) is 1. The summed E-state index contributed by atoms with van der Waals surface area (Å²) in [6, 6.07) is 0. The summed E-state index contributed by atoms with van der Waals surface area (Å²) >= 11 is 3.41. The molecule has 2 heterocycles. The lowest BCUT2D eigenvalue weighted by Gasteiger charge is -2.26.